The fraction of sp³-hybridized carbons (Fsp3) is 0.167. The Morgan fingerprint density at radius 2 is 1.73 bits per heavy atom. The molecule has 4 nitrogen and oxygen atoms in total. The number of amides is 1. The van der Waals surface area contributed by atoms with Gasteiger partial charge in [-0.25, -0.2) is 4.98 Å². The zero-order valence-corrected chi connectivity index (χ0v) is 19.5. The Kier molecular flexibility index (Phi) is 5.84. The van der Waals surface area contributed by atoms with Crippen LogP contribution >= 0.6 is 22.9 Å². The second-order valence-electron chi connectivity index (χ2n) is 7.79. The molecule has 0 bridgehead atoms. The van der Waals surface area contributed by atoms with Gasteiger partial charge in [-0.15, -0.1) is 11.3 Å². The third-order valence-electron chi connectivity index (χ3n) is 5.46. The Hall–Kier alpha value is -3.10. The molecule has 3 N–H and O–H groups in total. The van der Waals surface area contributed by atoms with Crippen molar-refractivity contribution in [2.24, 2.45) is 0 Å². The highest BCUT2D eigenvalue weighted by molar-refractivity contribution is 7.21. The molecule has 4 aromatic rings. The van der Waals surface area contributed by atoms with Crippen molar-refractivity contribution in [3.05, 3.63) is 74.7 Å². The smallest absolute Gasteiger partial charge is 0.397 e. The summed E-state index contributed by atoms with van der Waals surface area (Å²) in [7, 11) is 0. The van der Waals surface area contributed by atoms with Crippen LogP contribution in [0.4, 0.5) is 24.5 Å². The summed E-state index contributed by atoms with van der Waals surface area (Å²) in [5.41, 5.74) is 9.42. The number of aromatic nitrogens is 1. The van der Waals surface area contributed by atoms with Crippen LogP contribution in [0.2, 0.25) is 5.02 Å². The van der Waals surface area contributed by atoms with Crippen molar-refractivity contribution in [1.29, 1.82) is 0 Å². The zero-order chi connectivity index (χ0) is 24.1. The van der Waals surface area contributed by atoms with Crippen molar-refractivity contribution in [2.45, 2.75) is 26.9 Å². The lowest BCUT2D eigenvalue weighted by atomic mass is 9.97. The van der Waals surface area contributed by atoms with Gasteiger partial charge >= 0.3 is 6.18 Å². The van der Waals surface area contributed by atoms with E-state index >= 15 is 0 Å². The summed E-state index contributed by atoms with van der Waals surface area (Å²) in [4.78, 5) is 16.9. The standard InChI is InChI=1S/C24H19ClF3N3OS/c1-11-4-6-14(8-13(11)3)16-10-18(24(26,27)28)31-23-19(16)20(29)21(33-23)22(32)30-17-9-15(25)7-5-12(17)2/h4-10H,29H2,1-3H3,(H,30,32). The number of nitrogens with two attached hydrogens (primary N) is 1. The van der Waals surface area contributed by atoms with Crippen molar-refractivity contribution in [1.82, 2.24) is 4.98 Å². The minimum Gasteiger partial charge on any atom is -0.397 e. The molecule has 0 fully saturated rings. The molecule has 0 saturated heterocycles. The van der Waals surface area contributed by atoms with Gasteiger partial charge in [0.15, 0.2) is 0 Å². The number of fused-ring (bicyclic) bond motifs is 1. The number of rotatable bonds is 3. The first kappa shape index (κ1) is 23.1. The molecule has 0 aliphatic heterocycles. The van der Waals surface area contributed by atoms with Crippen molar-refractivity contribution in [2.75, 3.05) is 11.1 Å². The number of pyridine rings is 1. The largest absolute Gasteiger partial charge is 0.433 e. The number of nitrogens with one attached hydrogen (secondary N) is 1. The van der Waals surface area contributed by atoms with E-state index in [-0.39, 0.29) is 21.0 Å². The van der Waals surface area contributed by atoms with Gasteiger partial charge in [0.25, 0.3) is 5.91 Å². The van der Waals surface area contributed by atoms with Gasteiger partial charge in [0.1, 0.15) is 15.4 Å². The van der Waals surface area contributed by atoms with Gasteiger partial charge in [-0.05, 0) is 66.8 Å². The van der Waals surface area contributed by atoms with Crippen molar-refractivity contribution in [3.8, 4) is 11.1 Å². The summed E-state index contributed by atoms with van der Waals surface area (Å²) in [6, 6.07) is 11.4. The second kappa shape index (κ2) is 8.35. The number of benzene rings is 2. The molecule has 2 aromatic carbocycles. The highest BCUT2D eigenvalue weighted by atomic mass is 35.5. The molecule has 0 aliphatic carbocycles. The lowest BCUT2D eigenvalue weighted by Gasteiger charge is -2.12. The molecule has 2 aromatic heterocycles. The zero-order valence-electron chi connectivity index (χ0n) is 17.9. The van der Waals surface area contributed by atoms with Crippen LogP contribution in [0.5, 0.6) is 0 Å². The minimum absolute atomic E-state index is 0.0449. The van der Waals surface area contributed by atoms with Crippen LogP contribution in [0.3, 0.4) is 0 Å². The fourth-order valence-electron chi connectivity index (χ4n) is 3.48. The average molecular weight is 490 g/mol. The molecule has 1 amide bonds. The normalized spacial score (nSPS) is 11.7. The number of carbonyl (C=O) groups is 1. The quantitative estimate of drug-likeness (QED) is 0.315. The first-order chi connectivity index (χ1) is 15.5. The molecular formula is C24H19ClF3N3OS. The number of nitrogens with zero attached hydrogens (tertiary/aromatic N) is 1. The van der Waals surface area contributed by atoms with E-state index in [1.807, 2.05) is 19.9 Å². The van der Waals surface area contributed by atoms with Gasteiger partial charge in [0.2, 0.25) is 0 Å². The Labute approximate surface area is 197 Å². The number of alkyl halides is 3. The van der Waals surface area contributed by atoms with E-state index in [0.717, 1.165) is 34.1 Å². The number of carbonyl (C=O) groups excluding carboxylic acids is 1. The maximum Gasteiger partial charge on any atom is 0.433 e. The predicted octanol–water partition coefficient (Wildman–Crippen LogP) is 7.40. The summed E-state index contributed by atoms with van der Waals surface area (Å²) < 4.78 is 40.8. The molecule has 33 heavy (non-hydrogen) atoms. The van der Waals surface area contributed by atoms with Gasteiger partial charge in [-0.3, -0.25) is 4.79 Å². The first-order valence-electron chi connectivity index (χ1n) is 9.91. The van der Waals surface area contributed by atoms with Crippen LogP contribution in [0.1, 0.15) is 32.1 Å². The van der Waals surface area contributed by atoms with Crippen LogP contribution in [-0.2, 0) is 6.18 Å². The molecule has 0 saturated carbocycles. The first-order valence-corrected chi connectivity index (χ1v) is 11.1. The number of thiophene rings is 1. The van der Waals surface area contributed by atoms with Crippen LogP contribution in [0.25, 0.3) is 21.3 Å². The summed E-state index contributed by atoms with van der Waals surface area (Å²) in [6.45, 7) is 5.60. The van der Waals surface area contributed by atoms with Crippen LogP contribution in [0.15, 0.2) is 42.5 Å². The average Bonchev–Trinajstić information content (AvgIpc) is 3.08. The molecule has 0 radical (unpaired) electrons. The molecule has 170 valence electrons. The lowest BCUT2D eigenvalue weighted by Crippen LogP contribution is -2.12. The summed E-state index contributed by atoms with van der Waals surface area (Å²) in [6.07, 6.45) is -4.65. The third kappa shape index (κ3) is 4.41. The predicted molar refractivity (Wildman–Crippen MR) is 128 cm³/mol. The van der Waals surface area contributed by atoms with Crippen molar-refractivity contribution in [3.63, 3.8) is 0 Å². The van der Waals surface area contributed by atoms with Crippen molar-refractivity contribution >= 4 is 50.4 Å². The highest BCUT2D eigenvalue weighted by Crippen LogP contribution is 2.43. The lowest BCUT2D eigenvalue weighted by molar-refractivity contribution is -0.140. The van der Waals surface area contributed by atoms with Crippen molar-refractivity contribution < 1.29 is 18.0 Å². The molecule has 0 unspecified atom stereocenters. The Morgan fingerprint density at radius 1 is 1.03 bits per heavy atom. The number of hydrogen-bond donors (Lipinski definition) is 2. The van der Waals surface area contributed by atoms with E-state index in [4.69, 9.17) is 17.3 Å². The number of aryl methyl sites for hydroxylation is 3. The molecule has 9 heteroatoms. The van der Waals surface area contributed by atoms with Gasteiger partial charge in [-0.2, -0.15) is 13.2 Å². The topological polar surface area (TPSA) is 68.0 Å². The maximum atomic E-state index is 13.6. The Bertz CT molecular complexity index is 1410. The molecule has 4 rings (SSSR count). The number of nitrogen functional groups attached to an aromatic ring is 1. The van der Waals surface area contributed by atoms with Gasteiger partial charge in [0, 0.05) is 16.1 Å². The number of anilines is 2. The summed E-state index contributed by atoms with van der Waals surface area (Å²) in [5.74, 6) is -0.541. The van der Waals surface area contributed by atoms with Gasteiger partial charge < -0.3 is 11.1 Å². The minimum atomic E-state index is -4.65. The molecule has 0 atom stereocenters. The monoisotopic (exact) mass is 489 g/mol. The maximum absolute atomic E-state index is 13.6. The molecule has 0 spiro atoms. The SMILES string of the molecule is Cc1ccc(-c2cc(C(F)(F)F)nc3sc(C(=O)Nc4cc(Cl)ccc4C)c(N)c23)cc1C. The van der Waals surface area contributed by atoms with E-state index < -0.39 is 17.8 Å². The number of hydrogen-bond acceptors (Lipinski definition) is 4. The number of halogens is 4. The third-order valence-corrected chi connectivity index (χ3v) is 6.79. The van der Waals surface area contributed by atoms with Crippen LogP contribution < -0.4 is 11.1 Å². The summed E-state index contributed by atoms with van der Waals surface area (Å²) in [5, 5.41) is 3.51. The highest BCUT2D eigenvalue weighted by Gasteiger charge is 2.35. The molecule has 2 heterocycles. The van der Waals surface area contributed by atoms with E-state index in [1.54, 1.807) is 37.3 Å². The fourth-order valence-corrected chi connectivity index (χ4v) is 4.67. The van der Waals surface area contributed by atoms with E-state index in [2.05, 4.69) is 10.3 Å². The second-order valence-corrected chi connectivity index (χ2v) is 9.23. The van der Waals surface area contributed by atoms with E-state index in [9.17, 15) is 18.0 Å². The van der Waals surface area contributed by atoms with E-state index in [1.165, 1.54) is 0 Å². The Balaban J connectivity index is 1.90. The van der Waals surface area contributed by atoms with Crippen LogP contribution in [-0.4, -0.2) is 10.9 Å². The van der Waals surface area contributed by atoms with Gasteiger partial charge in [0.05, 0.1) is 5.69 Å². The van der Waals surface area contributed by atoms with Crippen LogP contribution in [0, 0.1) is 20.8 Å². The molecular weight excluding hydrogens is 471 g/mol. The van der Waals surface area contributed by atoms with E-state index in [0.29, 0.717) is 21.7 Å². The molecule has 0 aliphatic rings. The Morgan fingerprint density at radius 3 is 2.39 bits per heavy atom. The van der Waals surface area contributed by atoms with Gasteiger partial charge in [-0.1, -0.05) is 35.9 Å². The summed E-state index contributed by atoms with van der Waals surface area (Å²) >= 11 is 6.85.